The molecule has 0 spiro atoms. The predicted molar refractivity (Wildman–Crippen MR) is 76.7 cm³/mol. The number of hydrogen-bond donors (Lipinski definition) is 2. The van der Waals surface area contributed by atoms with Crippen LogP contribution in [0, 0.1) is 11.3 Å². The number of rotatable bonds is 5. The Morgan fingerprint density at radius 1 is 1.53 bits per heavy atom. The monoisotopic (exact) mass is 259 g/mol. The van der Waals surface area contributed by atoms with E-state index in [0.29, 0.717) is 17.1 Å². The zero-order chi connectivity index (χ0) is 13.7. The third kappa shape index (κ3) is 3.36. The van der Waals surface area contributed by atoms with Crippen molar-refractivity contribution in [2.45, 2.75) is 31.7 Å². The zero-order valence-corrected chi connectivity index (χ0v) is 11.4. The maximum absolute atomic E-state index is 8.91. The molecule has 0 atom stereocenters. The van der Waals surface area contributed by atoms with Crippen LogP contribution in [0.1, 0.15) is 31.2 Å². The van der Waals surface area contributed by atoms with Crippen molar-refractivity contribution in [2.24, 2.45) is 0 Å². The first-order valence-electron chi connectivity index (χ1n) is 6.81. The molecular formula is C14H21N5. The molecule has 1 heterocycles. The molecule has 5 heteroatoms. The topological polar surface area (TPSA) is 78.0 Å². The largest absolute Gasteiger partial charge is 0.395 e. The molecule has 0 amide bonds. The average Bonchev–Trinajstić information content (AvgIpc) is 2.94. The van der Waals surface area contributed by atoms with Gasteiger partial charge < -0.3 is 16.0 Å². The first-order chi connectivity index (χ1) is 9.22. The maximum atomic E-state index is 8.91. The van der Waals surface area contributed by atoms with Crippen LogP contribution in [0.4, 0.5) is 11.5 Å². The normalized spacial score (nSPS) is 15.6. The minimum atomic E-state index is 0.438. The van der Waals surface area contributed by atoms with Gasteiger partial charge in [-0.2, -0.15) is 5.26 Å². The molecule has 1 aliphatic carbocycles. The lowest BCUT2D eigenvalue weighted by atomic mass is 10.2. The van der Waals surface area contributed by atoms with E-state index in [9.17, 15) is 0 Å². The molecule has 0 saturated heterocycles. The highest BCUT2D eigenvalue weighted by atomic mass is 15.2. The molecule has 0 bridgehead atoms. The second-order valence-corrected chi connectivity index (χ2v) is 5.08. The number of nitriles is 1. The fourth-order valence-electron chi connectivity index (χ4n) is 2.59. The molecule has 1 fully saturated rings. The number of pyridine rings is 1. The van der Waals surface area contributed by atoms with Crippen LogP contribution < -0.4 is 11.1 Å². The van der Waals surface area contributed by atoms with E-state index in [1.54, 1.807) is 12.3 Å². The number of nitrogens with two attached hydrogens (primary N) is 1. The number of anilines is 2. The summed E-state index contributed by atoms with van der Waals surface area (Å²) in [6, 6.07) is 4.41. The Morgan fingerprint density at radius 2 is 2.26 bits per heavy atom. The van der Waals surface area contributed by atoms with Gasteiger partial charge in [0, 0.05) is 25.3 Å². The smallest absolute Gasteiger partial charge is 0.150 e. The van der Waals surface area contributed by atoms with Gasteiger partial charge in [0.25, 0.3) is 0 Å². The van der Waals surface area contributed by atoms with Gasteiger partial charge in [-0.3, -0.25) is 0 Å². The number of likely N-dealkylation sites (N-methyl/N-ethyl adjacent to an activating group) is 1. The minimum Gasteiger partial charge on any atom is -0.395 e. The van der Waals surface area contributed by atoms with Gasteiger partial charge in [-0.05, 0) is 26.0 Å². The number of aromatic nitrogens is 1. The van der Waals surface area contributed by atoms with Crippen LogP contribution in [-0.2, 0) is 0 Å². The van der Waals surface area contributed by atoms with Gasteiger partial charge >= 0.3 is 0 Å². The van der Waals surface area contributed by atoms with Crippen LogP contribution in [0.3, 0.4) is 0 Å². The van der Waals surface area contributed by atoms with E-state index < -0.39 is 0 Å². The third-order valence-electron chi connectivity index (χ3n) is 3.82. The van der Waals surface area contributed by atoms with Gasteiger partial charge in [0.05, 0.1) is 11.3 Å². The highest BCUT2D eigenvalue weighted by molar-refractivity contribution is 5.68. The van der Waals surface area contributed by atoms with Crippen molar-refractivity contribution >= 4 is 11.5 Å². The van der Waals surface area contributed by atoms with Crippen LogP contribution in [0.15, 0.2) is 12.3 Å². The lowest BCUT2D eigenvalue weighted by Gasteiger charge is -2.24. The molecule has 0 aromatic carbocycles. The number of nitrogen functional groups attached to an aromatic ring is 1. The number of nitrogens with zero attached hydrogens (tertiary/aromatic N) is 3. The summed E-state index contributed by atoms with van der Waals surface area (Å²) in [6.07, 6.45) is 6.92. The van der Waals surface area contributed by atoms with E-state index in [2.05, 4.69) is 28.3 Å². The summed E-state index contributed by atoms with van der Waals surface area (Å²) >= 11 is 0. The van der Waals surface area contributed by atoms with Gasteiger partial charge in [-0.15, -0.1) is 0 Å². The third-order valence-corrected chi connectivity index (χ3v) is 3.82. The van der Waals surface area contributed by atoms with E-state index in [1.807, 2.05) is 0 Å². The average molecular weight is 259 g/mol. The summed E-state index contributed by atoms with van der Waals surface area (Å²) in [5.41, 5.74) is 6.78. The van der Waals surface area contributed by atoms with Crippen molar-refractivity contribution in [1.29, 1.82) is 5.26 Å². The Hall–Kier alpha value is -1.80. The molecule has 1 aliphatic rings. The van der Waals surface area contributed by atoms with Crippen LogP contribution in [0.2, 0.25) is 0 Å². The van der Waals surface area contributed by atoms with Crippen molar-refractivity contribution in [3.05, 3.63) is 17.8 Å². The Bertz CT molecular complexity index is 459. The van der Waals surface area contributed by atoms with Gasteiger partial charge in [-0.25, -0.2) is 4.98 Å². The van der Waals surface area contributed by atoms with E-state index in [1.165, 1.54) is 25.7 Å². The summed E-state index contributed by atoms with van der Waals surface area (Å²) in [5, 5.41) is 12.1. The molecule has 2 rings (SSSR count). The second-order valence-electron chi connectivity index (χ2n) is 5.08. The van der Waals surface area contributed by atoms with Gasteiger partial charge in [0.2, 0.25) is 0 Å². The summed E-state index contributed by atoms with van der Waals surface area (Å²) in [6.45, 7) is 1.75. The fourth-order valence-corrected chi connectivity index (χ4v) is 2.59. The molecule has 1 aromatic heterocycles. The molecule has 5 nitrogen and oxygen atoms in total. The quantitative estimate of drug-likeness (QED) is 0.843. The first kappa shape index (κ1) is 13.6. The van der Waals surface area contributed by atoms with Gasteiger partial charge in [-0.1, -0.05) is 12.8 Å². The first-order valence-corrected chi connectivity index (χ1v) is 6.81. The van der Waals surface area contributed by atoms with Gasteiger partial charge in [0.15, 0.2) is 5.82 Å². The van der Waals surface area contributed by atoms with Crippen molar-refractivity contribution in [2.75, 3.05) is 31.2 Å². The summed E-state index contributed by atoms with van der Waals surface area (Å²) < 4.78 is 0. The lowest BCUT2D eigenvalue weighted by molar-refractivity contribution is 0.254. The molecule has 1 saturated carbocycles. The van der Waals surface area contributed by atoms with Crippen LogP contribution in [0.5, 0.6) is 0 Å². The Labute approximate surface area is 114 Å². The Kier molecular flexibility index (Phi) is 4.58. The molecule has 19 heavy (non-hydrogen) atoms. The summed E-state index contributed by atoms with van der Waals surface area (Å²) in [7, 11) is 2.17. The molecular weight excluding hydrogens is 238 g/mol. The van der Waals surface area contributed by atoms with Crippen LogP contribution in [0.25, 0.3) is 0 Å². The standard InChI is InChI=1S/C14H21N5/c1-19(12-4-2-3-5-12)9-8-18-14-13(16)11(10-15)6-7-17-14/h6-7,12H,2-5,8-9,16H2,1H3,(H,17,18). The summed E-state index contributed by atoms with van der Waals surface area (Å²) in [5.74, 6) is 0.610. The van der Waals surface area contributed by atoms with Crippen molar-refractivity contribution in [3.8, 4) is 6.07 Å². The Morgan fingerprint density at radius 3 is 2.95 bits per heavy atom. The zero-order valence-electron chi connectivity index (χ0n) is 11.4. The fraction of sp³-hybridized carbons (Fsp3) is 0.571. The van der Waals surface area contributed by atoms with E-state index in [0.717, 1.165) is 19.1 Å². The second kappa shape index (κ2) is 6.39. The van der Waals surface area contributed by atoms with Crippen molar-refractivity contribution in [1.82, 2.24) is 9.88 Å². The Balaban J connectivity index is 1.84. The molecule has 1 aromatic rings. The van der Waals surface area contributed by atoms with Crippen molar-refractivity contribution in [3.63, 3.8) is 0 Å². The molecule has 0 radical (unpaired) electrons. The minimum absolute atomic E-state index is 0.438. The number of nitrogens with one attached hydrogen (secondary N) is 1. The van der Waals surface area contributed by atoms with E-state index in [4.69, 9.17) is 11.0 Å². The molecule has 0 aliphatic heterocycles. The SMILES string of the molecule is CN(CCNc1nccc(C#N)c1N)C1CCCC1. The summed E-state index contributed by atoms with van der Waals surface area (Å²) in [4.78, 5) is 6.57. The highest BCUT2D eigenvalue weighted by Gasteiger charge is 2.18. The molecule has 0 unspecified atom stereocenters. The van der Waals surface area contributed by atoms with Gasteiger partial charge in [0.1, 0.15) is 6.07 Å². The predicted octanol–water partition coefficient (Wildman–Crippen LogP) is 1.82. The molecule has 3 N–H and O–H groups in total. The lowest BCUT2D eigenvalue weighted by Crippen LogP contribution is -2.33. The maximum Gasteiger partial charge on any atom is 0.150 e. The van der Waals surface area contributed by atoms with Crippen molar-refractivity contribution < 1.29 is 0 Å². The number of hydrogen-bond acceptors (Lipinski definition) is 5. The van der Waals surface area contributed by atoms with E-state index >= 15 is 0 Å². The van der Waals surface area contributed by atoms with Crippen LogP contribution in [-0.4, -0.2) is 36.1 Å². The molecule has 102 valence electrons. The van der Waals surface area contributed by atoms with E-state index in [-0.39, 0.29) is 0 Å². The van der Waals surface area contributed by atoms with Crippen LogP contribution >= 0.6 is 0 Å². The highest BCUT2D eigenvalue weighted by Crippen LogP contribution is 2.22.